The Hall–Kier alpha value is -2.40. The minimum Gasteiger partial charge on any atom is -0.492 e. The third-order valence-electron chi connectivity index (χ3n) is 6.97. The molecule has 1 fully saturated rings. The highest BCUT2D eigenvalue weighted by Gasteiger charge is 2.29. The number of carbonyl (C=O) groups is 1. The summed E-state index contributed by atoms with van der Waals surface area (Å²) in [5.74, 6) is 0.697. The van der Waals surface area contributed by atoms with E-state index in [9.17, 15) is 4.79 Å². The van der Waals surface area contributed by atoms with E-state index >= 15 is 0 Å². The van der Waals surface area contributed by atoms with Crippen LogP contribution >= 0.6 is 0 Å². The van der Waals surface area contributed by atoms with E-state index in [1.807, 2.05) is 18.0 Å². The van der Waals surface area contributed by atoms with E-state index in [0.29, 0.717) is 18.3 Å². The van der Waals surface area contributed by atoms with Gasteiger partial charge in [0.05, 0.1) is 12.8 Å². The normalized spacial score (nSPS) is 18.4. The molecule has 2 aliphatic rings. The first kappa shape index (κ1) is 22.8. The van der Waals surface area contributed by atoms with Crippen LogP contribution in [0, 0.1) is 0 Å². The highest BCUT2D eigenvalue weighted by Crippen LogP contribution is 2.27. The van der Waals surface area contributed by atoms with Crippen LogP contribution in [0.1, 0.15) is 79.0 Å². The molecule has 1 saturated carbocycles. The predicted molar refractivity (Wildman–Crippen MR) is 128 cm³/mol. The lowest BCUT2D eigenvalue weighted by atomic mass is 9.95. The molecule has 0 bridgehead atoms. The molecule has 1 heterocycles. The summed E-state index contributed by atoms with van der Waals surface area (Å²) in [6, 6.07) is 11.3. The van der Waals surface area contributed by atoms with Crippen molar-refractivity contribution in [2.45, 2.75) is 83.3 Å². The number of rotatable bonds is 9. The van der Waals surface area contributed by atoms with Gasteiger partial charge in [0.25, 0.3) is 5.91 Å². The second-order valence-electron chi connectivity index (χ2n) is 9.38. The van der Waals surface area contributed by atoms with Crippen LogP contribution in [0.15, 0.2) is 36.5 Å². The zero-order valence-corrected chi connectivity index (χ0v) is 19.6. The molecule has 1 aromatic heterocycles. The zero-order valence-electron chi connectivity index (χ0n) is 19.6. The van der Waals surface area contributed by atoms with E-state index in [1.165, 1.54) is 48.8 Å². The van der Waals surface area contributed by atoms with Crippen molar-refractivity contribution in [2.75, 3.05) is 13.7 Å². The fraction of sp³-hybridized carbons (Fsp3) is 0.556. The molecule has 1 N–H and O–H groups in total. The smallest absolute Gasteiger partial charge is 0.272 e. The monoisotopic (exact) mass is 435 g/mol. The number of likely N-dealkylation sites (N-methyl/N-ethyl adjacent to an activating group) is 1. The molecular formula is C27H37N3O2. The van der Waals surface area contributed by atoms with E-state index < -0.39 is 0 Å². The lowest BCUT2D eigenvalue weighted by molar-refractivity contribution is 0.0731. The number of unbranched alkanes of at least 4 members (excludes halogenated alkanes) is 1. The van der Waals surface area contributed by atoms with Crippen molar-refractivity contribution in [1.82, 2.24) is 15.2 Å². The van der Waals surface area contributed by atoms with E-state index in [1.54, 1.807) is 12.3 Å². The molecule has 1 atom stereocenters. The number of benzene rings is 1. The maximum Gasteiger partial charge on any atom is 0.272 e. The molecule has 5 heteroatoms. The molecule has 172 valence electrons. The van der Waals surface area contributed by atoms with Crippen molar-refractivity contribution >= 4 is 5.91 Å². The largest absolute Gasteiger partial charge is 0.492 e. The fourth-order valence-electron chi connectivity index (χ4n) is 4.87. The lowest BCUT2D eigenvalue weighted by Crippen LogP contribution is -2.38. The average molecular weight is 436 g/mol. The van der Waals surface area contributed by atoms with Crippen LogP contribution in [0.4, 0.5) is 0 Å². The standard InChI is InChI=1S/C27H37N3O2/c1-3-4-14-32-25-12-13-26(29-19-25)27(31)30(2)24-16-21-11-10-20(15-22(21)17-24)18-28-23-8-6-5-7-9-23/h10-13,15,19,23-24,28H,3-9,14,16-18H2,1-2H3/t24-/m1/s1. The number of amides is 1. The highest BCUT2D eigenvalue weighted by molar-refractivity contribution is 5.92. The van der Waals surface area contributed by atoms with Gasteiger partial charge >= 0.3 is 0 Å². The molecule has 0 saturated heterocycles. The Labute approximate surface area is 192 Å². The summed E-state index contributed by atoms with van der Waals surface area (Å²) in [5.41, 5.74) is 4.57. The van der Waals surface area contributed by atoms with Crippen molar-refractivity contribution in [2.24, 2.45) is 0 Å². The van der Waals surface area contributed by atoms with E-state index in [2.05, 4.69) is 35.4 Å². The van der Waals surface area contributed by atoms with Crippen molar-refractivity contribution in [3.05, 3.63) is 58.9 Å². The van der Waals surface area contributed by atoms with Gasteiger partial charge in [-0.15, -0.1) is 0 Å². The minimum atomic E-state index is -0.0258. The second-order valence-corrected chi connectivity index (χ2v) is 9.38. The van der Waals surface area contributed by atoms with Gasteiger partial charge in [0.2, 0.25) is 0 Å². The van der Waals surface area contributed by atoms with Gasteiger partial charge in [-0.3, -0.25) is 4.79 Å². The lowest BCUT2D eigenvalue weighted by Gasteiger charge is -2.24. The molecule has 2 aromatic rings. The third kappa shape index (κ3) is 5.69. The molecular weight excluding hydrogens is 398 g/mol. The number of pyridine rings is 1. The molecule has 4 rings (SSSR count). The fourth-order valence-corrected chi connectivity index (χ4v) is 4.87. The SMILES string of the molecule is CCCCOc1ccc(C(=O)N(C)[C@@H]2Cc3ccc(CNC4CCCCC4)cc3C2)nc1. The van der Waals surface area contributed by atoms with Crippen LogP contribution in [0.2, 0.25) is 0 Å². The molecule has 0 spiro atoms. The number of ether oxygens (including phenoxy) is 1. The molecule has 5 nitrogen and oxygen atoms in total. The average Bonchev–Trinajstić information content (AvgIpc) is 3.26. The van der Waals surface area contributed by atoms with Gasteiger partial charge in [-0.25, -0.2) is 4.98 Å². The molecule has 0 aliphatic heterocycles. The van der Waals surface area contributed by atoms with Gasteiger partial charge in [0.1, 0.15) is 11.4 Å². The Morgan fingerprint density at radius 2 is 1.94 bits per heavy atom. The van der Waals surface area contributed by atoms with Gasteiger partial charge in [-0.2, -0.15) is 0 Å². The Morgan fingerprint density at radius 1 is 1.12 bits per heavy atom. The summed E-state index contributed by atoms with van der Waals surface area (Å²) < 4.78 is 5.66. The Balaban J connectivity index is 1.31. The molecule has 0 radical (unpaired) electrons. The molecule has 2 aliphatic carbocycles. The summed E-state index contributed by atoms with van der Waals surface area (Å²) in [7, 11) is 1.90. The molecule has 1 aromatic carbocycles. The Bertz CT molecular complexity index is 890. The number of nitrogens with zero attached hydrogens (tertiary/aromatic N) is 2. The van der Waals surface area contributed by atoms with Gasteiger partial charge in [-0.1, -0.05) is 50.8 Å². The quantitative estimate of drug-likeness (QED) is 0.568. The van der Waals surface area contributed by atoms with Gasteiger partial charge in [0, 0.05) is 25.7 Å². The van der Waals surface area contributed by atoms with Crippen LogP contribution < -0.4 is 10.1 Å². The summed E-state index contributed by atoms with van der Waals surface area (Å²) in [4.78, 5) is 19.2. The minimum absolute atomic E-state index is 0.0258. The number of hydrogen-bond acceptors (Lipinski definition) is 4. The van der Waals surface area contributed by atoms with Crippen molar-refractivity contribution < 1.29 is 9.53 Å². The maximum atomic E-state index is 13.0. The number of fused-ring (bicyclic) bond motifs is 1. The predicted octanol–water partition coefficient (Wildman–Crippen LogP) is 4.92. The van der Waals surface area contributed by atoms with Crippen molar-refractivity contribution in [3.8, 4) is 5.75 Å². The van der Waals surface area contributed by atoms with Crippen molar-refractivity contribution in [1.29, 1.82) is 0 Å². The maximum absolute atomic E-state index is 13.0. The summed E-state index contributed by atoms with van der Waals surface area (Å²) in [6.45, 7) is 3.76. The van der Waals surface area contributed by atoms with Crippen LogP contribution in [-0.4, -0.2) is 41.5 Å². The number of aromatic nitrogens is 1. The summed E-state index contributed by atoms with van der Waals surface area (Å²) in [5, 5.41) is 3.74. The highest BCUT2D eigenvalue weighted by atomic mass is 16.5. The first-order valence-corrected chi connectivity index (χ1v) is 12.3. The molecule has 32 heavy (non-hydrogen) atoms. The topological polar surface area (TPSA) is 54.5 Å². The van der Waals surface area contributed by atoms with Crippen LogP contribution in [-0.2, 0) is 19.4 Å². The molecule has 0 unspecified atom stereocenters. The molecule has 1 amide bonds. The second kappa shape index (κ2) is 11.0. The zero-order chi connectivity index (χ0) is 22.3. The van der Waals surface area contributed by atoms with Gasteiger partial charge in [0.15, 0.2) is 0 Å². The van der Waals surface area contributed by atoms with E-state index in [-0.39, 0.29) is 11.9 Å². The number of carbonyl (C=O) groups excluding carboxylic acids is 1. The first-order valence-electron chi connectivity index (χ1n) is 12.3. The third-order valence-corrected chi connectivity index (χ3v) is 6.97. The Morgan fingerprint density at radius 3 is 2.69 bits per heavy atom. The van der Waals surface area contributed by atoms with E-state index in [4.69, 9.17) is 4.74 Å². The van der Waals surface area contributed by atoms with Gasteiger partial charge < -0.3 is 15.0 Å². The summed E-state index contributed by atoms with van der Waals surface area (Å²) in [6.07, 6.45) is 12.3. The van der Waals surface area contributed by atoms with Crippen molar-refractivity contribution in [3.63, 3.8) is 0 Å². The summed E-state index contributed by atoms with van der Waals surface area (Å²) >= 11 is 0. The number of nitrogens with one attached hydrogen (secondary N) is 1. The van der Waals surface area contributed by atoms with Crippen LogP contribution in [0.5, 0.6) is 5.75 Å². The van der Waals surface area contributed by atoms with Gasteiger partial charge in [-0.05, 0) is 60.9 Å². The first-order chi connectivity index (χ1) is 15.6. The van der Waals surface area contributed by atoms with Crippen LogP contribution in [0.25, 0.3) is 0 Å². The number of hydrogen-bond donors (Lipinski definition) is 1. The Kier molecular flexibility index (Phi) is 7.80. The van der Waals surface area contributed by atoms with Crippen LogP contribution in [0.3, 0.4) is 0 Å². The van der Waals surface area contributed by atoms with E-state index in [0.717, 1.165) is 38.0 Å².